The van der Waals surface area contributed by atoms with Gasteiger partial charge in [-0.05, 0) is 49.6 Å². The maximum atomic E-state index is 13.7. The van der Waals surface area contributed by atoms with Crippen molar-refractivity contribution in [3.05, 3.63) is 54.1 Å². The van der Waals surface area contributed by atoms with Crippen molar-refractivity contribution in [1.82, 2.24) is 9.21 Å². The number of anilines is 1. The van der Waals surface area contributed by atoms with Crippen LogP contribution < -0.4 is 9.64 Å². The first-order valence-corrected chi connectivity index (χ1v) is 13.4. The number of sulfonamides is 1. The summed E-state index contributed by atoms with van der Waals surface area (Å²) in [6.45, 7) is 2.68. The SMILES string of the molecule is O=C(C1CN(C(=O)c2cccc(S(=O)(=O)N3CCOCC3)c2)c2ccccc2O1)N1CCCCC1. The van der Waals surface area contributed by atoms with Crippen molar-refractivity contribution in [3.8, 4) is 5.75 Å². The average molecular weight is 500 g/mol. The van der Waals surface area contributed by atoms with E-state index in [4.69, 9.17) is 9.47 Å². The molecule has 9 nitrogen and oxygen atoms in total. The van der Waals surface area contributed by atoms with Crippen LogP contribution in [-0.2, 0) is 19.6 Å². The molecule has 0 aliphatic carbocycles. The molecule has 2 saturated heterocycles. The normalized spacial score (nSPS) is 21.2. The largest absolute Gasteiger partial charge is 0.476 e. The van der Waals surface area contributed by atoms with Crippen LogP contribution in [0.25, 0.3) is 0 Å². The van der Waals surface area contributed by atoms with Crippen LogP contribution in [0.5, 0.6) is 5.75 Å². The molecule has 1 atom stereocenters. The van der Waals surface area contributed by atoms with Crippen LogP contribution in [0, 0.1) is 0 Å². The molecular formula is C25H29N3O6S. The molecular weight excluding hydrogens is 470 g/mol. The van der Waals surface area contributed by atoms with Gasteiger partial charge in [0.1, 0.15) is 5.75 Å². The highest BCUT2D eigenvalue weighted by Crippen LogP contribution is 2.35. The Labute approximate surface area is 205 Å². The lowest BCUT2D eigenvalue weighted by atomic mass is 10.1. The third kappa shape index (κ3) is 4.78. The van der Waals surface area contributed by atoms with Gasteiger partial charge in [0.25, 0.3) is 11.8 Å². The lowest BCUT2D eigenvalue weighted by Crippen LogP contribution is -2.52. The first-order valence-electron chi connectivity index (χ1n) is 12.0. The number of benzene rings is 2. The minimum atomic E-state index is -3.75. The second-order valence-electron chi connectivity index (χ2n) is 8.92. The Balaban J connectivity index is 1.43. The van der Waals surface area contributed by atoms with Gasteiger partial charge >= 0.3 is 0 Å². The molecule has 3 aliphatic heterocycles. The number of ether oxygens (including phenoxy) is 2. The van der Waals surface area contributed by atoms with Gasteiger partial charge in [0.15, 0.2) is 6.10 Å². The van der Waals surface area contributed by atoms with Crippen molar-refractivity contribution in [3.63, 3.8) is 0 Å². The molecule has 2 aromatic carbocycles. The summed E-state index contributed by atoms with van der Waals surface area (Å²) in [6, 6.07) is 13.2. The molecule has 3 heterocycles. The summed E-state index contributed by atoms with van der Waals surface area (Å²) < 4.78 is 38.9. The lowest BCUT2D eigenvalue weighted by molar-refractivity contribution is -0.139. The number of rotatable bonds is 4. The molecule has 2 amide bonds. The van der Waals surface area contributed by atoms with E-state index in [0.717, 1.165) is 19.3 Å². The predicted molar refractivity (Wildman–Crippen MR) is 129 cm³/mol. The first kappa shape index (κ1) is 23.8. The van der Waals surface area contributed by atoms with Crippen molar-refractivity contribution >= 4 is 27.5 Å². The van der Waals surface area contributed by atoms with Gasteiger partial charge in [-0.1, -0.05) is 18.2 Å². The van der Waals surface area contributed by atoms with E-state index in [1.54, 1.807) is 41.3 Å². The molecule has 0 spiro atoms. The second-order valence-corrected chi connectivity index (χ2v) is 10.9. The predicted octanol–water partition coefficient (Wildman–Crippen LogP) is 2.13. The lowest BCUT2D eigenvalue weighted by Gasteiger charge is -2.37. The Kier molecular flexibility index (Phi) is 6.77. The Bertz CT molecular complexity index is 1210. The zero-order valence-corrected chi connectivity index (χ0v) is 20.3. The fourth-order valence-corrected chi connectivity index (χ4v) is 6.21. The van der Waals surface area contributed by atoms with Crippen molar-refractivity contribution in [1.29, 1.82) is 0 Å². The smallest absolute Gasteiger partial charge is 0.265 e. The molecule has 1 unspecified atom stereocenters. The molecule has 0 N–H and O–H groups in total. The standard InChI is InChI=1S/C25H29N3O6S/c29-24(19-7-6-8-20(17-19)35(31,32)27-13-15-33-16-14-27)28-18-23(25(30)26-11-4-1-5-12-26)34-22-10-3-2-9-21(22)28/h2-3,6-10,17,23H,1,4-5,11-16,18H2. The molecule has 3 aliphatic rings. The van der Waals surface area contributed by atoms with Crippen LogP contribution >= 0.6 is 0 Å². The van der Waals surface area contributed by atoms with Gasteiger partial charge in [0.05, 0.1) is 30.3 Å². The molecule has 0 radical (unpaired) electrons. The summed E-state index contributed by atoms with van der Waals surface area (Å²) in [7, 11) is -3.75. The average Bonchev–Trinajstić information content (AvgIpc) is 2.92. The van der Waals surface area contributed by atoms with E-state index in [1.165, 1.54) is 21.3 Å². The number of carbonyl (C=O) groups is 2. The maximum absolute atomic E-state index is 13.7. The number of morpholine rings is 1. The van der Waals surface area contributed by atoms with Crippen LogP contribution in [0.3, 0.4) is 0 Å². The summed E-state index contributed by atoms with van der Waals surface area (Å²) in [4.78, 5) is 30.3. The number of amides is 2. The number of fused-ring (bicyclic) bond motifs is 1. The highest BCUT2D eigenvalue weighted by Gasteiger charge is 2.37. The zero-order chi connectivity index (χ0) is 24.4. The number of hydrogen-bond acceptors (Lipinski definition) is 6. The Hall–Kier alpha value is -2.95. The summed E-state index contributed by atoms with van der Waals surface area (Å²) in [5.41, 5.74) is 0.793. The molecule has 2 aromatic rings. The number of piperidine rings is 1. The minimum Gasteiger partial charge on any atom is -0.476 e. The Morgan fingerprint density at radius 1 is 0.886 bits per heavy atom. The van der Waals surface area contributed by atoms with Crippen LogP contribution in [0.15, 0.2) is 53.4 Å². The third-order valence-corrected chi connectivity index (χ3v) is 8.55. The van der Waals surface area contributed by atoms with Crippen molar-refractivity contribution < 1.29 is 27.5 Å². The van der Waals surface area contributed by atoms with Crippen LogP contribution in [0.1, 0.15) is 29.6 Å². The van der Waals surface area contributed by atoms with Gasteiger partial charge in [-0.2, -0.15) is 4.31 Å². The van der Waals surface area contributed by atoms with Gasteiger partial charge in [-0.15, -0.1) is 0 Å². The molecule has 5 rings (SSSR count). The quantitative estimate of drug-likeness (QED) is 0.640. The molecule has 186 valence electrons. The van der Waals surface area contributed by atoms with Crippen LogP contribution in [0.2, 0.25) is 0 Å². The van der Waals surface area contributed by atoms with Gasteiger partial charge < -0.3 is 19.3 Å². The molecule has 10 heteroatoms. The van der Waals surface area contributed by atoms with E-state index in [9.17, 15) is 18.0 Å². The van der Waals surface area contributed by atoms with Crippen molar-refractivity contribution in [2.45, 2.75) is 30.3 Å². The summed E-state index contributed by atoms with van der Waals surface area (Å²) in [5.74, 6) is -0.0450. The maximum Gasteiger partial charge on any atom is 0.265 e. The van der Waals surface area contributed by atoms with Crippen LogP contribution in [0.4, 0.5) is 5.69 Å². The number of carbonyl (C=O) groups excluding carboxylic acids is 2. The summed E-state index contributed by atoms with van der Waals surface area (Å²) in [5, 5.41) is 0. The Morgan fingerprint density at radius 3 is 2.40 bits per heavy atom. The fraction of sp³-hybridized carbons (Fsp3) is 0.440. The number of nitrogens with zero attached hydrogens (tertiary/aromatic N) is 3. The topological polar surface area (TPSA) is 96.5 Å². The van der Waals surface area contributed by atoms with Gasteiger partial charge in [-0.3, -0.25) is 9.59 Å². The second kappa shape index (κ2) is 9.96. The summed E-state index contributed by atoms with van der Waals surface area (Å²) in [6.07, 6.45) is 2.21. The van der Waals surface area contributed by atoms with Gasteiger partial charge in [0, 0.05) is 31.7 Å². The van der Waals surface area contributed by atoms with Crippen molar-refractivity contribution in [2.75, 3.05) is 50.8 Å². The highest BCUT2D eigenvalue weighted by atomic mass is 32.2. The Morgan fingerprint density at radius 2 is 1.63 bits per heavy atom. The van der Waals surface area contributed by atoms with E-state index in [0.29, 0.717) is 37.7 Å². The van der Waals surface area contributed by atoms with E-state index in [-0.39, 0.29) is 41.9 Å². The monoisotopic (exact) mass is 499 g/mol. The highest BCUT2D eigenvalue weighted by molar-refractivity contribution is 7.89. The number of likely N-dealkylation sites (tertiary alicyclic amines) is 1. The van der Waals surface area contributed by atoms with Crippen molar-refractivity contribution in [2.24, 2.45) is 0 Å². The van der Waals surface area contributed by atoms with E-state index >= 15 is 0 Å². The minimum absolute atomic E-state index is 0.0611. The van der Waals surface area contributed by atoms with Gasteiger partial charge in [-0.25, -0.2) is 8.42 Å². The zero-order valence-electron chi connectivity index (χ0n) is 19.5. The fourth-order valence-electron chi connectivity index (χ4n) is 4.75. The molecule has 35 heavy (non-hydrogen) atoms. The van der Waals surface area contributed by atoms with Gasteiger partial charge in [0.2, 0.25) is 10.0 Å². The van der Waals surface area contributed by atoms with E-state index < -0.39 is 16.1 Å². The van der Waals surface area contributed by atoms with Crippen LogP contribution in [-0.4, -0.2) is 81.5 Å². The molecule has 0 saturated carbocycles. The molecule has 2 fully saturated rings. The number of para-hydroxylation sites is 2. The number of hydrogen-bond donors (Lipinski definition) is 0. The van der Waals surface area contributed by atoms with E-state index in [2.05, 4.69) is 0 Å². The van der Waals surface area contributed by atoms with E-state index in [1.807, 2.05) is 0 Å². The molecule has 0 aromatic heterocycles. The molecule has 0 bridgehead atoms. The summed E-state index contributed by atoms with van der Waals surface area (Å²) >= 11 is 0. The third-order valence-electron chi connectivity index (χ3n) is 6.65. The first-order chi connectivity index (χ1) is 16.9.